The van der Waals surface area contributed by atoms with Crippen molar-refractivity contribution in [1.29, 1.82) is 5.26 Å². The van der Waals surface area contributed by atoms with Crippen molar-refractivity contribution in [2.75, 3.05) is 0 Å². The molecule has 0 atom stereocenters. The van der Waals surface area contributed by atoms with Crippen LogP contribution in [0.2, 0.25) is 0 Å². The molecule has 0 bridgehead atoms. The molecule has 1 heterocycles. The largest absolute Gasteiger partial charge is 0.252 e. The summed E-state index contributed by atoms with van der Waals surface area (Å²) in [6.07, 6.45) is 4.68. The van der Waals surface area contributed by atoms with Gasteiger partial charge in [0.05, 0.1) is 29.0 Å². The summed E-state index contributed by atoms with van der Waals surface area (Å²) in [4.78, 5) is 8.52. The highest BCUT2D eigenvalue weighted by atomic mass is 14.8. The van der Waals surface area contributed by atoms with E-state index in [1.807, 2.05) is 30.3 Å². The van der Waals surface area contributed by atoms with Crippen LogP contribution in [-0.4, -0.2) is 9.97 Å². The second-order valence-corrected chi connectivity index (χ2v) is 2.75. The highest BCUT2D eigenvalue weighted by Gasteiger charge is 1.94. The number of hydrogen-bond donors (Lipinski definition) is 0. The fourth-order valence-corrected chi connectivity index (χ4v) is 1.17. The van der Waals surface area contributed by atoms with Gasteiger partial charge < -0.3 is 0 Å². The van der Waals surface area contributed by atoms with Gasteiger partial charge in [-0.05, 0) is 18.2 Å². The molecule has 1 aromatic carbocycles. The maximum atomic E-state index is 8.36. The summed E-state index contributed by atoms with van der Waals surface area (Å²) in [6, 6.07) is 9.54. The van der Waals surface area contributed by atoms with Crippen LogP contribution in [0.3, 0.4) is 0 Å². The van der Waals surface area contributed by atoms with Crippen molar-refractivity contribution in [3.05, 3.63) is 42.2 Å². The lowest BCUT2D eigenvalue weighted by molar-refractivity contribution is 1.27. The van der Waals surface area contributed by atoms with Gasteiger partial charge in [-0.1, -0.05) is 12.1 Å². The highest BCUT2D eigenvalue weighted by molar-refractivity contribution is 5.74. The van der Waals surface area contributed by atoms with Gasteiger partial charge in [0.15, 0.2) is 0 Å². The Bertz CT molecular complexity index is 523. The van der Waals surface area contributed by atoms with Crippen LogP contribution in [0.5, 0.6) is 0 Å². The van der Waals surface area contributed by atoms with Gasteiger partial charge in [0.25, 0.3) is 0 Å². The second-order valence-electron chi connectivity index (χ2n) is 2.75. The van der Waals surface area contributed by atoms with Gasteiger partial charge in [-0.3, -0.25) is 4.98 Å². The third-order valence-corrected chi connectivity index (χ3v) is 1.80. The third-order valence-electron chi connectivity index (χ3n) is 1.80. The van der Waals surface area contributed by atoms with Crippen molar-refractivity contribution in [3.63, 3.8) is 0 Å². The fourth-order valence-electron chi connectivity index (χ4n) is 1.17. The molecule has 3 heteroatoms. The monoisotopic (exact) mass is 181 g/mol. The number of allylic oxidation sites excluding steroid dienone is 1. The van der Waals surface area contributed by atoms with E-state index in [1.165, 1.54) is 6.08 Å². The Balaban J connectivity index is 2.52. The Labute approximate surface area is 81.4 Å². The summed E-state index contributed by atoms with van der Waals surface area (Å²) in [7, 11) is 0. The number of fused-ring (bicyclic) bond motifs is 1. The van der Waals surface area contributed by atoms with Crippen molar-refractivity contribution < 1.29 is 0 Å². The molecule has 1 aromatic heterocycles. The highest BCUT2D eigenvalue weighted by Crippen LogP contribution is 2.08. The molecule has 0 radical (unpaired) electrons. The van der Waals surface area contributed by atoms with Crippen LogP contribution in [-0.2, 0) is 0 Å². The molecule has 2 aromatic rings. The average Bonchev–Trinajstić information content (AvgIpc) is 2.26. The Kier molecular flexibility index (Phi) is 2.20. The van der Waals surface area contributed by atoms with Crippen LogP contribution in [0.4, 0.5) is 0 Å². The first-order valence-corrected chi connectivity index (χ1v) is 4.18. The van der Waals surface area contributed by atoms with Crippen LogP contribution in [0.25, 0.3) is 17.1 Å². The van der Waals surface area contributed by atoms with E-state index in [0.717, 1.165) is 11.0 Å². The zero-order chi connectivity index (χ0) is 9.80. The minimum Gasteiger partial charge on any atom is -0.252 e. The van der Waals surface area contributed by atoms with E-state index in [4.69, 9.17) is 5.26 Å². The standard InChI is InChI=1S/C11H7N3/c12-7-3-4-9-8-13-10-5-1-2-6-11(10)14-9/h1-6,8H. The van der Waals surface area contributed by atoms with Gasteiger partial charge in [-0.25, -0.2) is 4.98 Å². The number of nitrogens with zero attached hydrogens (tertiary/aromatic N) is 3. The molecule has 0 aliphatic carbocycles. The first-order valence-electron chi connectivity index (χ1n) is 4.18. The van der Waals surface area contributed by atoms with Gasteiger partial charge in [-0.15, -0.1) is 0 Å². The molecule has 0 N–H and O–H groups in total. The van der Waals surface area contributed by atoms with E-state index in [1.54, 1.807) is 12.3 Å². The number of hydrogen-bond acceptors (Lipinski definition) is 3. The predicted octanol–water partition coefficient (Wildman–Crippen LogP) is 2.17. The number of para-hydroxylation sites is 2. The first kappa shape index (κ1) is 8.39. The zero-order valence-corrected chi connectivity index (χ0v) is 7.38. The van der Waals surface area contributed by atoms with Crippen molar-refractivity contribution in [3.8, 4) is 6.07 Å². The molecule has 14 heavy (non-hydrogen) atoms. The fraction of sp³-hybridized carbons (Fsp3) is 0. The number of aromatic nitrogens is 2. The van der Waals surface area contributed by atoms with Crippen molar-refractivity contribution >= 4 is 17.1 Å². The summed E-state index contributed by atoms with van der Waals surface area (Å²) < 4.78 is 0. The maximum absolute atomic E-state index is 8.36. The molecule has 0 spiro atoms. The zero-order valence-electron chi connectivity index (χ0n) is 7.38. The Hall–Kier alpha value is -2.21. The SMILES string of the molecule is N#CC=Cc1cnc2ccccc2n1. The van der Waals surface area contributed by atoms with E-state index in [2.05, 4.69) is 9.97 Å². The van der Waals surface area contributed by atoms with Crippen LogP contribution in [0.15, 0.2) is 36.5 Å². The van der Waals surface area contributed by atoms with Gasteiger partial charge in [0.2, 0.25) is 0 Å². The molecule has 2 rings (SSSR count). The van der Waals surface area contributed by atoms with Crippen molar-refractivity contribution in [2.24, 2.45) is 0 Å². The Morgan fingerprint density at radius 2 is 2.00 bits per heavy atom. The van der Waals surface area contributed by atoms with E-state index in [9.17, 15) is 0 Å². The average molecular weight is 181 g/mol. The van der Waals surface area contributed by atoms with Crippen LogP contribution in [0, 0.1) is 11.3 Å². The molecular weight excluding hydrogens is 174 g/mol. The van der Waals surface area contributed by atoms with Gasteiger partial charge in [-0.2, -0.15) is 5.26 Å². The summed E-state index contributed by atoms with van der Waals surface area (Å²) in [6.45, 7) is 0. The molecule has 0 saturated heterocycles. The molecular formula is C11H7N3. The topological polar surface area (TPSA) is 49.6 Å². The van der Waals surface area contributed by atoms with Crippen LogP contribution in [0.1, 0.15) is 5.69 Å². The summed E-state index contributed by atoms with van der Waals surface area (Å²) in [5.41, 5.74) is 2.40. The predicted molar refractivity (Wildman–Crippen MR) is 54.2 cm³/mol. The lowest BCUT2D eigenvalue weighted by Gasteiger charge is -1.96. The minimum atomic E-state index is 0.699. The normalized spacial score (nSPS) is 10.5. The molecule has 0 aliphatic heterocycles. The summed E-state index contributed by atoms with van der Waals surface area (Å²) in [5, 5.41) is 8.36. The minimum absolute atomic E-state index is 0.699. The molecule has 3 nitrogen and oxygen atoms in total. The van der Waals surface area contributed by atoms with Crippen molar-refractivity contribution in [1.82, 2.24) is 9.97 Å². The van der Waals surface area contributed by atoms with Gasteiger partial charge >= 0.3 is 0 Å². The number of benzene rings is 1. The maximum Gasteiger partial charge on any atom is 0.0912 e. The first-order chi connectivity index (χ1) is 6.90. The molecule has 0 unspecified atom stereocenters. The van der Waals surface area contributed by atoms with Gasteiger partial charge in [0, 0.05) is 6.08 Å². The lowest BCUT2D eigenvalue weighted by atomic mass is 10.3. The smallest absolute Gasteiger partial charge is 0.0912 e. The van der Waals surface area contributed by atoms with Gasteiger partial charge in [0.1, 0.15) is 0 Å². The number of rotatable bonds is 1. The van der Waals surface area contributed by atoms with Crippen LogP contribution < -0.4 is 0 Å². The molecule has 0 amide bonds. The third kappa shape index (κ3) is 1.59. The Morgan fingerprint density at radius 3 is 2.79 bits per heavy atom. The molecule has 0 saturated carbocycles. The lowest BCUT2D eigenvalue weighted by Crippen LogP contribution is -1.86. The summed E-state index contributed by atoms with van der Waals surface area (Å²) >= 11 is 0. The van der Waals surface area contributed by atoms with Crippen molar-refractivity contribution in [2.45, 2.75) is 0 Å². The second kappa shape index (κ2) is 3.67. The van der Waals surface area contributed by atoms with E-state index >= 15 is 0 Å². The van der Waals surface area contributed by atoms with E-state index < -0.39 is 0 Å². The molecule has 0 aliphatic rings. The Morgan fingerprint density at radius 1 is 1.21 bits per heavy atom. The van der Waals surface area contributed by atoms with E-state index in [0.29, 0.717) is 5.69 Å². The van der Waals surface area contributed by atoms with E-state index in [-0.39, 0.29) is 0 Å². The summed E-state index contributed by atoms with van der Waals surface area (Å²) in [5.74, 6) is 0. The molecule has 66 valence electrons. The number of nitriles is 1. The molecule has 0 fully saturated rings. The quantitative estimate of drug-likeness (QED) is 0.633. The van der Waals surface area contributed by atoms with Crippen LogP contribution >= 0.6 is 0 Å².